The Labute approximate surface area is 133 Å². The minimum absolute atomic E-state index is 0.0492. The van der Waals surface area contributed by atoms with Crippen LogP contribution in [0.2, 0.25) is 5.02 Å². The van der Waals surface area contributed by atoms with Crippen molar-refractivity contribution in [2.75, 3.05) is 6.54 Å². The van der Waals surface area contributed by atoms with Gasteiger partial charge in [0.15, 0.2) is 0 Å². The summed E-state index contributed by atoms with van der Waals surface area (Å²) >= 11 is 5.93. The molecule has 1 aliphatic rings. The summed E-state index contributed by atoms with van der Waals surface area (Å²) in [7, 11) is 0. The highest BCUT2D eigenvalue weighted by molar-refractivity contribution is 6.33. The largest absolute Gasteiger partial charge is 0.388 e. The summed E-state index contributed by atoms with van der Waals surface area (Å²) in [6.45, 7) is 0.130. The second-order valence-electron chi connectivity index (χ2n) is 5.74. The Morgan fingerprint density at radius 2 is 1.95 bits per heavy atom. The summed E-state index contributed by atoms with van der Waals surface area (Å²) in [6.07, 6.45) is 5.35. The monoisotopic (exact) mass is 326 g/mol. The van der Waals surface area contributed by atoms with E-state index < -0.39 is 16.4 Å². The van der Waals surface area contributed by atoms with Gasteiger partial charge in [-0.3, -0.25) is 14.9 Å². The molecule has 0 spiro atoms. The normalized spacial score (nSPS) is 17.5. The van der Waals surface area contributed by atoms with E-state index in [1.807, 2.05) is 0 Å². The number of nitrogens with one attached hydrogen (secondary N) is 1. The molecule has 6 nitrogen and oxygen atoms in total. The maximum Gasteiger partial charge on any atom is 0.270 e. The molecule has 1 saturated carbocycles. The molecule has 7 heteroatoms. The Morgan fingerprint density at radius 3 is 2.55 bits per heavy atom. The quantitative estimate of drug-likeness (QED) is 0.505. The first-order valence-corrected chi connectivity index (χ1v) is 7.74. The van der Waals surface area contributed by atoms with Crippen LogP contribution in [0.25, 0.3) is 0 Å². The van der Waals surface area contributed by atoms with Crippen LogP contribution in [0.1, 0.15) is 48.9 Å². The molecule has 1 aromatic rings. The number of carbonyl (C=O) groups excluding carboxylic acids is 1. The zero-order valence-electron chi connectivity index (χ0n) is 12.2. The smallest absolute Gasteiger partial charge is 0.270 e. The number of carbonyl (C=O) groups is 1. The lowest BCUT2D eigenvalue weighted by Crippen LogP contribution is -2.42. The van der Waals surface area contributed by atoms with Gasteiger partial charge in [0.2, 0.25) is 0 Å². The molecule has 2 rings (SSSR count). The van der Waals surface area contributed by atoms with E-state index >= 15 is 0 Å². The highest BCUT2D eigenvalue weighted by Crippen LogP contribution is 2.27. The number of non-ortho nitro benzene ring substituents is 1. The molecule has 0 radical (unpaired) electrons. The van der Waals surface area contributed by atoms with Crippen LogP contribution in [0.3, 0.4) is 0 Å². The van der Waals surface area contributed by atoms with Gasteiger partial charge in [0.1, 0.15) is 0 Å². The lowest BCUT2D eigenvalue weighted by molar-refractivity contribution is -0.384. The summed E-state index contributed by atoms with van der Waals surface area (Å²) < 4.78 is 0. The molecule has 1 aromatic carbocycles. The van der Waals surface area contributed by atoms with Gasteiger partial charge in [-0.25, -0.2) is 0 Å². The fraction of sp³-hybridized carbons (Fsp3) is 0.533. The lowest BCUT2D eigenvalue weighted by atomic mass is 9.94. The van der Waals surface area contributed by atoms with E-state index in [9.17, 15) is 20.0 Å². The third-order valence-electron chi connectivity index (χ3n) is 4.02. The standard InChI is InChI=1S/C15H19ClN2O4/c16-13-6-5-11(18(21)22)9-12(13)14(19)17-10-15(20)7-3-1-2-4-8-15/h5-6,9,20H,1-4,7-8,10H2,(H,17,19). The van der Waals surface area contributed by atoms with Crippen LogP contribution in [0.4, 0.5) is 5.69 Å². The first-order valence-electron chi connectivity index (χ1n) is 7.36. The SMILES string of the molecule is O=C(NCC1(O)CCCCCC1)c1cc([N+](=O)[O-])ccc1Cl. The van der Waals surface area contributed by atoms with Gasteiger partial charge in [0.05, 0.1) is 21.1 Å². The highest BCUT2D eigenvalue weighted by atomic mass is 35.5. The van der Waals surface area contributed by atoms with E-state index in [4.69, 9.17) is 11.6 Å². The molecule has 0 aromatic heterocycles. The van der Waals surface area contributed by atoms with Gasteiger partial charge < -0.3 is 10.4 Å². The zero-order chi connectivity index (χ0) is 16.2. The number of amides is 1. The summed E-state index contributed by atoms with van der Waals surface area (Å²) in [5.41, 5.74) is -1.05. The number of nitro groups is 1. The van der Waals surface area contributed by atoms with Gasteiger partial charge in [-0.1, -0.05) is 37.3 Å². The Balaban J connectivity index is 2.05. The maximum atomic E-state index is 12.2. The second-order valence-corrected chi connectivity index (χ2v) is 6.15. The number of benzene rings is 1. The van der Waals surface area contributed by atoms with Gasteiger partial charge in [0.25, 0.3) is 11.6 Å². The molecule has 1 amide bonds. The molecular weight excluding hydrogens is 308 g/mol. The summed E-state index contributed by atoms with van der Waals surface area (Å²) in [4.78, 5) is 22.4. The van der Waals surface area contributed by atoms with Crippen LogP contribution < -0.4 is 5.32 Å². The van der Waals surface area contributed by atoms with Crippen molar-refractivity contribution in [3.05, 3.63) is 38.9 Å². The second kappa shape index (κ2) is 7.07. The zero-order valence-corrected chi connectivity index (χ0v) is 12.9. The molecule has 0 aliphatic heterocycles. The van der Waals surface area contributed by atoms with E-state index in [1.54, 1.807) is 0 Å². The van der Waals surface area contributed by atoms with Crippen molar-refractivity contribution >= 4 is 23.2 Å². The number of aliphatic hydroxyl groups is 1. The van der Waals surface area contributed by atoms with Crippen LogP contribution in [-0.4, -0.2) is 28.1 Å². The van der Waals surface area contributed by atoms with Crippen molar-refractivity contribution in [1.29, 1.82) is 0 Å². The molecule has 1 fully saturated rings. The fourth-order valence-electron chi connectivity index (χ4n) is 2.70. The molecule has 0 heterocycles. The first kappa shape index (κ1) is 16.7. The Hall–Kier alpha value is -1.66. The van der Waals surface area contributed by atoms with E-state index in [1.165, 1.54) is 12.1 Å². The topological polar surface area (TPSA) is 92.5 Å². The minimum Gasteiger partial charge on any atom is -0.388 e. The van der Waals surface area contributed by atoms with Gasteiger partial charge in [-0.05, 0) is 18.9 Å². The predicted octanol–water partition coefficient (Wildman–Crippen LogP) is 3.06. The Bertz CT molecular complexity index is 569. The molecular formula is C15H19ClN2O4. The number of hydrogen-bond acceptors (Lipinski definition) is 4. The molecule has 0 bridgehead atoms. The van der Waals surface area contributed by atoms with Crippen molar-refractivity contribution < 1.29 is 14.8 Å². The molecule has 1 aliphatic carbocycles. The molecule has 0 saturated heterocycles. The van der Waals surface area contributed by atoms with Gasteiger partial charge >= 0.3 is 0 Å². The molecule has 2 N–H and O–H groups in total. The lowest BCUT2D eigenvalue weighted by Gasteiger charge is -2.26. The number of nitrogens with zero attached hydrogens (tertiary/aromatic N) is 1. The third-order valence-corrected chi connectivity index (χ3v) is 4.35. The van der Waals surface area contributed by atoms with Crippen molar-refractivity contribution in [3.63, 3.8) is 0 Å². The minimum atomic E-state index is -0.903. The van der Waals surface area contributed by atoms with Gasteiger partial charge in [-0.2, -0.15) is 0 Å². The van der Waals surface area contributed by atoms with E-state index in [2.05, 4.69) is 5.32 Å². The van der Waals surface area contributed by atoms with Crippen LogP contribution in [0.5, 0.6) is 0 Å². The highest BCUT2D eigenvalue weighted by Gasteiger charge is 2.29. The third kappa shape index (κ3) is 4.18. The number of halogens is 1. The van der Waals surface area contributed by atoms with Crippen molar-refractivity contribution in [3.8, 4) is 0 Å². The molecule has 0 atom stereocenters. The van der Waals surface area contributed by atoms with Crippen molar-refractivity contribution in [1.82, 2.24) is 5.32 Å². The van der Waals surface area contributed by atoms with Gasteiger partial charge in [-0.15, -0.1) is 0 Å². The summed E-state index contributed by atoms with van der Waals surface area (Å²) in [5.74, 6) is -0.508. The van der Waals surface area contributed by atoms with E-state index in [0.29, 0.717) is 12.8 Å². The number of hydrogen-bond donors (Lipinski definition) is 2. The first-order chi connectivity index (χ1) is 10.4. The van der Waals surface area contributed by atoms with Crippen LogP contribution in [0.15, 0.2) is 18.2 Å². The van der Waals surface area contributed by atoms with Crippen molar-refractivity contribution in [2.24, 2.45) is 0 Å². The average Bonchev–Trinajstić information content (AvgIpc) is 2.70. The molecule has 22 heavy (non-hydrogen) atoms. The van der Waals surface area contributed by atoms with Crippen molar-refractivity contribution in [2.45, 2.75) is 44.1 Å². The van der Waals surface area contributed by atoms with E-state index in [0.717, 1.165) is 31.7 Å². The summed E-state index contributed by atoms with van der Waals surface area (Å²) in [6, 6.07) is 3.72. The summed E-state index contributed by atoms with van der Waals surface area (Å²) in [5, 5.41) is 24.1. The number of nitro benzene ring substituents is 1. The maximum absolute atomic E-state index is 12.2. The van der Waals surface area contributed by atoms with Crippen LogP contribution in [0, 0.1) is 10.1 Å². The van der Waals surface area contributed by atoms with E-state index in [-0.39, 0.29) is 22.8 Å². The van der Waals surface area contributed by atoms with Crippen LogP contribution in [-0.2, 0) is 0 Å². The Morgan fingerprint density at radius 1 is 1.32 bits per heavy atom. The average molecular weight is 327 g/mol. The van der Waals surface area contributed by atoms with Gasteiger partial charge in [0, 0.05) is 18.7 Å². The molecule has 0 unspecified atom stereocenters. The molecule has 120 valence electrons. The fourth-order valence-corrected chi connectivity index (χ4v) is 2.91. The number of rotatable bonds is 4. The Kier molecular flexibility index (Phi) is 5.37. The predicted molar refractivity (Wildman–Crippen MR) is 83.1 cm³/mol. The van der Waals surface area contributed by atoms with Crippen LogP contribution >= 0.6 is 11.6 Å².